The van der Waals surface area contributed by atoms with Crippen LogP contribution in [0.1, 0.15) is 33.0 Å². The lowest BCUT2D eigenvalue weighted by molar-refractivity contribution is 0.296. The number of guanidine groups is 1. The first-order valence-corrected chi connectivity index (χ1v) is 8.16. The maximum Gasteiger partial charge on any atom is 0.194 e. The van der Waals surface area contributed by atoms with Gasteiger partial charge in [0.1, 0.15) is 12.2 Å². The van der Waals surface area contributed by atoms with E-state index in [0.717, 1.165) is 44.5 Å². The van der Waals surface area contributed by atoms with E-state index in [1.54, 1.807) is 11.0 Å². The molecule has 0 aromatic carbocycles. The summed E-state index contributed by atoms with van der Waals surface area (Å²) in [7, 11) is 3.93. The first-order valence-electron chi connectivity index (χ1n) is 8.16. The van der Waals surface area contributed by atoms with Crippen LogP contribution in [0.25, 0.3) is 0 Å². The molecule has 0 aliphatic rings. The van der Waals surface area contributed by atoms with Crippen LogP contribution in [0.15, 0.2) is 11.3 Å². The molecule has 0 saturated heterocycles. The predicted octanol–water partition coefficient (Wildman–Crippen LogP) is 0.944. The van der Waals surface area contributed by atoms with E-state index in [2.05, 4.69) is 46.0 Å². The Morgan fingerprint density at radius 3 is 2.64 bits per heavy atom. The van der Waals surface area contributed by atoms with Gasteiger partial charge in [0.05, 0.1) is 13.1 Å². The number of aryl methyl sites for hydroxylation is 1. The fourth-order valence-electron chi connectivity index (χ4n) is 2.26. The lowest BCUT2D eigenvalue weighted by Crippen LogP contribution is -2.39. The average Bonchev–Trinajstić information content (AvgIpc) is 2.90. The molecule has 0 fully saturated rings. The van der Waals surface area contributed by atoms with Crippen molar-refractivity contribution in [3.8, 4) is 0 Å². The van der Waals surface area contributed by atoms with Crippen LogP contribution in [-0.4, -0.2) is 70.3 Å². The van der Waals surface area contributed by atoms with E-state index in [9.17, 15) is 0 Å². The van der Waals surface area contributed by atoms with Gasteiger partial charge in [-0.25, -0.2) is 4.98 Å². The van der Waals surface area contributed by atoms with Crippen LogP contribution in [0.2, 0.25) is 0 Å². The van der Waals surface area contributed by atoms with Crippen LogP contribution in [0.3, 0.4) is 0 Å². The molecule has 0 unspecified atom stereocenters. The molecule has 22 heavy (non-hydrogen) atoms. The topological polar surface area (TPSA) is 61.6 Å². The summed E-state index contributed by atoms with van der Waals surface area (Å²) in [6.45, 7) is 12.1. The van der Waals surface area contributed by atoms with Crippen molar-refractivity contribution in [3.05, 3.63) is 12.2 Å². The second-order valence-corrected chi connectivity index (χ2v) is 5.33. The monoisotopic (exact) mass is 309 g/mol. The number of nitrogens with zero attached hydrogens (tertiary/aromatic N) is 6. The molecule has 0 aliphatic heterocycles. The van der Waals surface area contributed by atoms with Gasteiger partial charge in [-0.15, -0.1) is 0 Å². The molecule has 0 bridgehead atoms. The van der Waals surface area contributed by atoms with Crippen LogP contribution < -0.4 is 5.32 Å². The quantitative estimate of drug-likeness (QED) is 0.543. The Balaban J connectivity index is 2.58. The van der Waals surface area contributed by atoms with E-state index in [-0.39, 0.29) is 0 Å². The minimum Gasteiger partial charge on any atom is -0.357 e. The van der Waals surface area contributed by atoms with Gasteiger partial charge in [-0.3, -0.25) is 9.67 Å². The van der Waals surface area contributed by atoms with Crippen molar-refractivity contribution in [2.45, 2.75) is 33.7 Å². The number of aliphatic imine (C=N–C) groups is 1. The molecule has 0 saturated carbocycles. The maximum atomic E-state index is 4.73. The van der Waals surface area contributed by atoms with E-state index in [0.29, 0.717) is 6.54 Å². The van der Waals surface area contributed by atoms with Gasteiger partial charge in [-0.2, -0.15) is 5.10 Å². The van der Waals surface area contributed by atoms with Crippen LogP contribution in [0.4, 0.5) is 0 Å². The molecule has 0 radical (unpaired) electrons. The van der Waals surface area contributed by atoms with Gasteiger partial charge < -0.3 is 15.1 Å². The van der Waals surface area contributed by atoms with E-state index in [1.807, 2.05) is 14.1 Å². The van der Waals surface area contributed by atoms with Crippen LogP contribution in [0.5, 0.6) is 0 Å². The highest BCUT2D eigenvalue weighted by molar-refractivity contribution is 5.79. The van der Waals surface area contributed by atoms with Crippen molar-refractivity contribution in [2.75, 3.05) is 39.8 Å². The average molecular weight is 309 g/mol. The zero-order chi connectivity index (χ0) is 16.4. The van der Waals surface area contributed by atoms with Gasteiger partial charge in [-0.1, -0.05) is 13.8 Å². The minimum atomic E-state index is 0.689. The molecule has 1 N–H and O–H groups in total. The van der Waals surface area contributed by atoms with Gasteiger partial charge in [0.2, 0.25) is 0 Å². The number of likely N-dealkylation sites (N-methyl/N-ethyl adjacent to an activating group) is 1. The number of hydrogen-bond donors (Lipinski definition) is 1. The third-order valence-electron chi connectivity index (χ3n) is 3.55. The van der Waals surface area contributed by atoms with E-state index in [1.165, 1.54) is 6.42 Å². The molecule has 1 rings (SSSR count). The Kier molecular flexibility index (Phi) is 8.50. The summed E-state index contributed by atoms with van der Waals surface area (Å²) in [5, 5.41) is 7.44. The molecular weight excluding hydrogens is 278 g/mol. The van der Waals surface area contributed by atoms with E-state index < -0.39 is 0 Å². The Morgan fingerprint density at radius 1 is 1.32 bits per heavy atom. The number of aromatic nitrogens is 3. The Bertz CT molecular complexity index is 441. The van der Waals surface area contributed by atoms with Crippen molar-refractivity contribution >= 4 is 5.96 Å². The van der Waals surface area contributed by atoms with Crippen molar-refractivity contribution in [1.82, 2.24) is 29.9 Å². The van der Waals surface area contributed by atoms with Crippen LogP contribution in [-0.2, 0) is 13.6 Å². The Labute approximate surface area is 134 Å². The largest absolute Gasteiger partial charge is 0.357 e. The van der Waals surface area contributed by atoms with Gasteiger partial charge in [0, 0.05) is 27.2 Å². The Morgan fingerprint density at radius 2 is 2.09 bits per heavy atom. The first-order chi connectivity index (χ1) is 10.6. The van der Waals surface area contributed by atoms with Crippen molar-refractivity contribution < 1.29 is 0 Å². The molecule has 1 aromatic rings. The second-order valence-electron chi connectivity index (χ2n) is 5.33. The predicted molar refractivity (Wildman–Crippen MR) is 90.9 cm³/mol. The highest BCUT2D eigenvalue weighted by Crippen LogP contribution is 1.98. The van der Waals surface area contributed by atoms with Gasteiger partial charge in [0.15, 0.2) is 5.96 Å². The van der Waals surface area contributed by atoms with E-state index in [4.69, 9.17) is 4.99 Å². The summed E-state index contributed by atoms with van der Waals surface area (Å²) in [5.41, 5.74) is 0. The number of hydrogen-bond acceptors (Lipinski definition) is 4. The summed E-state index contributed by atoms with van der Waals surface area (Å²) in [6.07, 6.45) is 2.76. The lowest BCUT2D eigenvalue weighted by Gasteiger charge is -2.22. The maximum absolute atomic E-state index is 4.73. The molecular formula is C15H31N7. The highest BCUT2D eigenvalue weighted by atomic mass is 15.4. The zero-order valence-corrected chi connectivity index (χ0v) is 14.7. The zero-order valence-electron chi connectivity index (χ0n) is 14.7. The molecule has 1 heterocycles. The molecule has 1 aromatic heterocycles. The molecule has 0 aliphatic carbocycles. The van der Waals surface area contributed by atoms with Gasteiger partial charge in [-0.05, 0) is 26.4 Å². The molecule has 0 amide bonds. The summed E-state index contributed by atoms with van der Waals surface area (Å²) < 4.78 is 1.79. The number of nitrogens with one attached hydrogen (secondary N) is 1. The number of rotatable bonds is 9. The SMILES string of the molecule is CCCN(CC)CCN=C(NCC)N(C)Cc1ncnn1C. The molecule has 7 heteroatoms. The normalized spacial score (nSPS) is 12.0. The van der Waals surface area contributed by atoms with Crippen LogP contribution in [0, 0.1) is 0 Å². The smallest absolute Gasteiger partial charge is 0.194 e. The van der Waals surface area contributed by atoms with E-state index >= 15 is 0 Å². The second kappa shape index (κ2) is 10.2. The van der Waals surface area contributed by atoms with Crippen LogP contribution >= 0.6 is 0 Å². The van der Waals surface area contributed by atoms with Gasteiger partial charge in [0.25, 0.3) is 0 Å². The molecule has 0 spiro atoms. The summed E-state index contributed by atoms with van der Waals surface area (Å²) in [4.78, 5) is 13.5. The lowest BCUT2D eigenvalue weighted by atomic mass is 10.4. The summed E-state index contributed by atoms with van der Waals surface area (Å²) in [5.74, 6) is 1.84. The third-order valence-corrected chi connectivity index (χ3v) is 3.55. The summed E-state index contributed by atoms with van der Waals surface area (Å²) >= 11 is 0. The van der Waals surface area contributed by atoms with Crippen molar-refractivity contribution in [2.24, 2.45) is 12.0 Å². The van der Waals surface area contributed by atoms with Crippen molar-refractivity contribution in [3.63, 3.8) is 0 Å². The first kappa shape index (κ1) is 18.4. The minimum absolute atomic E-state index is 0.689. The van der Waals surface area contributed by atoms with Gasteiger partial charge >= 0.3 is 0 Å². The third kappa shape index (κ3) is 6.01. The fourth-order valence-corrected chi connectivity index (χ4v) is 2.26. The molecule has 7 nitrogen and oxygen atoms in total. The van der Waals surface area contributed by atoms with Crippen molar-refractivity contribution in [1.29, 1.82) is 0 Å². The molecule has 0 atom stereocenters. The fraction of sp³-hybridized carbons (Fsp3) is 0.800. The highest BCUT2D eigenvalue weighted by Gasteiger charge is 2.10. The summed E-state index contributed by atoms with van der Waals surface area (Å²) in [6, 6.07) is 0. The Hall–Kier alpha value is -1.63. The molecule has 126 valence electrons. The standard InChI is InChI=1S/C15H31N7/c1-6-10-22(8-3)11-9-17-15(16-7-2)20(4)12-14-18-13-19-21(14)5/h13H,6-12H2,1-5H3,(H,16,17).